The van der Waals surface area contributed by atoms with E-state index < -0.39 is 36.4 Å². The first kappa shape index (κ1) is 22.9. The monoisotopic (exact) mass is 464 g/mol. The summed E-state index contributed by atoms with van der Waals surface area (Å²) in [6.45, 7) is -0.484. The van der Waals surface area contributed by atoms with E-state index in [4.69, 9.17) is 9.84 Å². The van der Waals surface area contributed by atoms with Crippen LogP contribution in [-0.2, 0) is 9.53 Å². The van der Waals surface area contributed by atoms with Crippen molar-refractivity contribution in [1.82, 2.24) is 5.32 Å². The van der Waals surface area contributed by atoms with Crippen molar-refractivity contribution < 1.29 is 33.7 Å². The van der Waals surface area contributed by atoms with Crippen LogP contribution in [-0.4, -0.2) is 47.4 Å². The molecule has 1 unspecified atom stereocenters. The second-order valence-electron chi connectivity index (χ2n) is 7.71. The molecule has 0 aromatic heterocycles. The lowest BCUT2D eigenvalue weighted by molar-refractivity contribution is -0.146. The summed E-state index contributed by atoms with van der Waals surface area (Å²) in [5, 5.41) is 22.4. The molecular formula is C25H21FN2O6. The molecule has 2 amide bonds. The second kappa shape index (κ2) is 9.72. The number of hydrogen-bond acceptors (Lipinski definition) is 5. The number of hydrogen-bond donors (Lipinski definition) is 4. The number of carboxylic acid groups (broad SMARTS) is 1. The number of halogens is 1. The Morgan fingerprint density at radius 2 is 1.59 bits per heavy atom. The van der Waals surface area contributed by atoms with E-state index in [0.29, 0.717) is 0 Å². The van der Waals surface area contributed by atoms with Gasteiger partial charge in [-0.1, -0.05) is 48.5 Å². The average molecular weight is 464 g/mol. The van der Waals surface area contributed by atoms with E-state index in [1.165, 1.54) is 6.07 Å². The van der Waals surface area contributed by atoms with Crippen LogP contribution in [0.1, 0.15) is 27.4 Å². The Hall–Kier alpha value is -4.24. The highest BCUT2D eigenvalue weighted by Crippen LogP contribution is 2.44. The lowest BCUT2D eigenvalue weighted by Gasteiger charge is -2.15. The summed E-state index contributed by atoms with van der Waals surface area (Å²) < 4.78 is 19.8. The van der Waals surface area contributed by atoms with Crippen molar-refractivity contribution in [3.63, 3.8) is 0 Å². The van der Waals surface area contributed by atoms with Gasteiger partial charge in [-0.25, -0.2) is 14.0 Å². The zero-order chi connectivity index (χ0) is 24.2. The summed E-state index contributed by atoms with van der Waals surface area (Å²) in [5.74, 6) is -3.46. The number of aliphatic hydroxyl groups excluding tert-OH is 1. The zero-order valence-corrected chi connectivity index (χ0v) is 17.8. The summed E-state index contributed by atoms with van der Waals surface area (Å²) in [6.07, 6.45) is -2.58. The minimum atomic E-state index is -1.80. The Morgan fingerprint density at radius 1 is 0.971 bits per heavy atom. The van der Waals surface area contributed by atoms with E-state index in [1.807, 2.05) is 48.5 Å². The van der Waals surface area contributed by atoms with Crippen LogP contribution in [0.3, 0.4) is 0 Å². The van der Waals surface area contributed by atoms with E-state index in [2.05, 4.69) is 10.6 Å². The smallest absolute Gasteiger partial charge is 0.411 e. The van der Waals surface area contributed by atoms with Crippen LogP contribution in [0.4, 0.5) is 14.9 Å². The molecule has 0 saturated heterocycles. The van der Waals surface area contributed by atoms with Gasteiger partial charge in [-0.15, -0.1) is 0 Å². The fourth-order valence-electron chi connectivity index (χ4n) is 3.90. The van der Waals surface area contributed by atoms with Crippen LogP contribution >= 0.6 is 0 Å². The van der Waals surface area contributed by atoms with E-state index in [-0.39, 0.29) is 23.8 Å². The van der Waals surface area contributed by atoms with Crippen molar-refractivity contribution in [3.8, 4) is 11.1 Å². The maximum Gasteiger partial charge on any atom is 0.411 e. The summed E-state index contributed by atoms with van der Waals surface area (Å²) in [4.78, 5) is 34.9. The Morgan fingerprint density at radius 3 is 2.18 bits per heavy atom. The number of nitrogens with one attached hydrogen (secondary N) is 2. The van der Waals surface area contributed by atoms with Gasteiger partial charge in [0.05, 0.1) is 12.1 Å². The Bertz CT molecular complexity index is 1220. The van der Waals surface area contributed by atoms with Gasteiger partial charge in [0, 0.05) is 11.6 Å². The van der Waals surface area contributed by atoms with Gasteiger partial charge >= 0.3 is 12.1 Å². The van der Waals surface area contributed by atoms with Gasteiger partial charge in [-0.3, -0.25) is 10.1 Å². The quantitative estimate of drug-likeness (QED) is 0.425. The van der Waals surface area contributed by atoms with Crippen LogP contribution in [0.5, 0.6) is 0 Å². The molecule has 0 fully saturated rings. The molecule has 174 valence electrons. The van der Waals surface area contributed by atoms with Crippen molar-refractivity contribution in [3.05, 3.63) is 89.2 Å². The van der Waals surface area contributed by atoms with Gasteiger partial charge in [-0.2, -0.15) is 0 Å². The number of aliphatic carboxylic acids is 1. The van der Waals surface area contributed by atoms with Crippen LogP contribution in [0.15, 0.2) is 66.7 Å². The summed E-state index contributed by atoms with van der Waals surface area (Å²) in [5.41, 5.74) is 4.03. The van der Waals surface area contributed by atoms with Gasteiger partial charge in [0.2, 0.25) is 0 Å². The molecule has 0 heterocycles. The molecule has 0 spiro atoms. The van der Waals surface area contributed by atoms with Crippen molar-refractivity contribution in [2.75, 3.05) is 18.5 Å². The minimum Gasteiger partial charge on any atom is -0.479 e. The molecule has 1 aliphatic rings. The van der Waals surface area contributed by atoms with Gasteiger partial charge in [0.25, 0.3) is 5.91 Å². The molecule has 9 heteroatoms. The molecule has 0 saturated carbocycles. The molecule has 4 rings (SSSR count). The molecule has 0 bridgehead atoms. The van der Waals surface area contributed by atoms with Crippen molar-refractivity contribution in [1.29, 1.82) is 0 Å². The van der Waals surface area contributed by atoms with Crippen molar-refractivity contribution in [2.24, 2.45) is 0 Å². The SMILES string of the molecule is O=C(Nc1ccc(C(=O)NCC(O)C(=O)O)c(F)c1)OCC1c2ccccc2-c2ccccc21. The van der Waals surface area contributed by atoms with E-state index in [9.17, 15) is 23.9 Å². The van der Waals surface area contributed by atoms with Gasteiger partial charge in [0.1, 0.15) is 12.4 Å². The molecule has 3 aromatic carbocycles. The molecule has 3 aromatic rings. The molecule has 8 nitrogen and oxygen atoms in total. The first-order valence-corrected chi connectivity index (χ1v) is 10.5. The average Bonchev–Trinajstić information content (AvgIpc) is 3.14. The fraction of sp³-hybridized carbons (Fsp3) is 0.160. The summed E-state index contributed by atoms with van der Waals surface area (Å²) in [7, 11) is 0. The van der Waals surface area contributed by atoms with Crippen LogP contribution in [0, 0.1) is 5.82 Å². The highest BCUT2D eigenvalue weighted by atomic mass is 19.1. The molecule has 1 atom stereocenters. The van der Waals surface area contributed by atoms with Crippen molar-refractivity contribution in [2.45, 2.75) is 12.0 Å². The maximum absolute atomic E-state index is 14.4. The number of aliphatic hydroxyl groups is 1. The first-order valence-electron chi connectivity index (χ1n) is 10.5. The zero-order valence-electron chi connectivity index (χ0n) is 17.8. The van der Waals surface area contributed by atoms with Crippen LogP contribution in [0.2, 0.25) is 0 Å². The fourth-order valence-corrected chi connectivity index (χ4v) is 3.90. The molecule has 0 aliphatic heterocycles. The largest absolute Gasteiger partial charge is 0.479 e. The summed E-state index contributed by atoms with van der Waals surface area (Å²) >= 11 is 0. The van der Waals surface area contributed by atoms with Gasteiger partial charge in [-0.05, 0) is 40.5 Å². The topological polar surface area (TPSA) is 125 Å². The number of carboxylic acids is 1. The molecular weight excluding hydrogens is 443 g/mol. The third kappa shape index (κ3) is 4.74. The third-order valence-corrected chi connectivity index (χ3v) is 5.54. The minimum absolute atomic E-state index is 0.0804. The number of ether oxygens (including phenoxy) is 1. The normalized spacial score (nSPS) is 12.9. The Labute approximate surface area is 194 Å². The number of amides is 2. The number of rotatable bonds is 7. The number of anilines is 1. The number of benzene rings is 3. The van der Waals surface area contributed by atoms with Crippen LogP contribution in [0.25, 0.3) is 11.1 Å². The number of carbonyl (C=O) groups excluding carboxylic acids is 2. The predicted octanol–water partition coefficient (Wildman–Crippen LogP) is 3.36. The summed E-state index contributed by atoms with van der Waals surface area (Å²) in [6, 6.07) is 19.2. The van der Waals surface area contributed by atoms with Crippen LogP contribution < -0.4 is 10.6 Å². The Balaban J connectivity index is 1.37. The van der Waals surface area contributed by atoms with E-state index in [0.717, 1.165) is 34.4 Å². The maximum atomic E-state index is 14.4. The highest BCUT2D eigenvalue weighted by Gasteiger charge is 2.29. The standard InChI is InChI=1S/C25H21FN2O6/c26-21-11-14(9-10-19(21)23(30)27-12-22(29)24(31)32)28-25(33)34-13-20-17-7-3-1-5-15(17)16-6-2-4-8-18(16)20/h1-11,20,22,29H,12-13H2,(H,27,30)(H,28,33)(H,31,32). The second-order valence-corrected chi connectivity index (χ2v) is 7.71. The lowest BCUT2D eigenvalue weighted by atomic mass is 9.98. The number of carbonyl (C=O) groups is 3. The van der Waals surface area contributed by atoms with E-state index >= 15 is 0 Å². The number of fused-ring (bicyclic) bond motifs is 3. The van der Waals surface area contributed by atoms with Crippen molar-refractivity contribution >= 4 is 23.7 Å². The molecule has 0 radical (unpaired) electrons. The molecule has 34 heavy (non-hydrogen) atoms. The molecule has 4 N–H and O–H groups in total. The van der Waals surface area contributed by atoms with Gasteiger partial charge in [0.15, 0.2) is 6.10 Å². The lowest BCUT2D eigenvalue weighted by Crippen LogP contribution is -2.36. The molecule has 1 aliphatic carbocycles. The highest BCUT2D eigenvalue weighted by molar-refractivity contribution is 5.95. The first-order chi connectivity index (χ1) is 16.3. The van der Waals surface area contributed by atoms with Gasteiger partial charge < -0.3 is 20.3 Å². The Kier molecular flexibility index (Phi) is 6.55. The predicted molar refractivity (Wildman–Crippen MR) is 121 cm³/mol. The third-order valence-electron chi connectivity index (χ3n) is 5.54. The van der Waals surface area contributed by atoms with E-state index in [1.54, 1.807) is 0 Å².